The molecular weight excluding hydrogens is 348 g/mol. The molecule has 0 unspecified atom stereocenters. The van der Waals surface area contributed by atoms with E-state index in [4.69, 9.17) is 0 Å². The standard InChI is InChI=1S/C29H52/c1-3-5-6-7-9-25-14-18-28(19-15-25)22-29(23-28)20-16-27(17-21-29)26-12-10-24(8-4-2)11-13-26/h24-27H,3-23H2,1-2H3. The summed E-state index contributed by atoms with van der Waals surface area (Å²) in [6.07, 6.45) is 32.6. The molecule has 0 nitrogen and oxygen atoms in total. The van der Waals surface area contributed by atoms with Crippen molar-refractivity contribution >= 4 is 0 Å². The van der Waals surface area contributed by atoms with Crippen molar-refractivity contribution in [2.24, 2.45) is 34.5 Å². The fraction of sp³-hybridized carbons (Fsp3) is 1.00. The van der Waals surface area contributed by atoms with Crippen molar-refractivity contribution in [3.05, 3.63) is 0 Å². The molecule has 168 valence electrons. The topological polar surface area (TPSA) is 0 Å². The molecule has 0 bridgehead atoms. The van der Waals surface area contributed by atoms with Gasteiger partial charge in [-0.25, -0.2) is 0 Å². The zero-order valence-corrected chi connectivity index (χ0v) is 20.2. The van der Waals surface area contributed by atoms with E-state index in [1.807, 2.05) is 0 Å². The first-order valence-corrected chi connectivity index (χ1v) is 14.2. The molecule has 29 heavy (non-hydrogen) atoms. The van der Waals surface area contributed by atoms with Crippen molar-refractivity contribution in [2.45, 2.75) is 149 Å². The molecule has 4 fully saturated rings. The Morgan fingerprint density at radius 2 is 1.07 bits per heavy atom. The highest BCUT2D eigenvalue weighted by Crippen LogP contribution is 2.67. The van der Waals surface area contributed by atoms with Crippen LogP contribution in [0.2, 0.25) is 0 Å². The van der Waals surface area contributed by atoms with Crippen LogP contribution in [0.15, 0.2) is 0 Å². The first-order chi connectivity index (χ1) is 14.2. The molecule has 0 amide bonds. The van der Waals surface area contributed by atoms with Gasteiger partial charge < -0.3 is 0 Å². The average Bonchev–Trinajstić information content (AvgIpc) is 2.73. The average molecular weight is 401 g/mol. The molecule has 0 saturated heterocycles. The molecule has 0 heteroatoms. The molecule has 4 rings (SSSR count). The molecule has 0 aromatic carbocycles. The van der Waals surface area contributed by atoms with E-state index in [1.165, 1.54) is 38.5 Å². The second-order valence-electron chi connectivity index (χ2n) is 12.6. The molecule has 0 radical (unpaired) electrons. The fourth-order valence-corrected chi connectivity index (χ4v) is 8.77. The zero-order chi connectivity index (χ0) is 20.2. The lowest BCUT2D eigenvalue weighted by Gasteiger charge is -2.62. The molecule has 4 aliphatic carbocycles. The molecule has 0 aromatic heterocycles. The Morgan fingerprint density at radius 1 is 0.517 bits per heavy atom. The van der Waals surface area contributed by atoms with E-state index >= 15 is 0 Å². The van der Waals surface area contributed by atoms with Gasteiger partial charge in [-0.1, -0.05) is 71.6 Å². The van der Waals surface area contributed by atoms with Gasteiger partial charge in [0.05, 0.1) is 0 Å². The second-order valence-corrected chi connectivity index (χ2v) is 12.6. The largest absolute Gasteiger partial charge is 0.0654 e. The van der Waals surface area contributed by atoms with Crippen LogP contribution in [-0.4, -0.2) is 0 Å². The van der Waals surface area contributed by atoms with E-state index < -0.39 is 0 Å². The number of unbranched alkanes of at least 4 members (excludes halogenated alkanes) is 3. The van der Waals surface area contributed by atoms with Crippen molar-refractivity contribution in [3.8, 4) is 0 Å². The van der Waals surface area contributed by atoms with E-state index in [0.29, 0.717) is 0 Å². The van der Waals surface area contributed by atoms with Crippen molar-refractivity contribution in [3.63, 3.8) is 0 Å². The lowest BCUT2D eigenvalue weighted by molar-refractivity contribution is -0.106. The van der Waals surface area contributed by atoms with E-state index in [0.717, 1.165) is 34.5 Å². The van der Waals surface area contributed by atoms with Gasteiger partial charge in [-0.2, -0.15) is 0 Å². The molecule has 0 aliphatic heterocycles. The predicted molar refractivity (Wildman–Crippen MR) is 127 cm³/mol. The minimum absolute atomic E-state index is 0.823. The van der Waals surface area contributed by atoms with Crippen LogP contribution in [0.4, 0.5) is 0 Å². The van der Waals surface area contributed by atoms with Gasteiger partial charge in [-0.3, -0.25) is 0 Å². The van der Waals surface area contributed by atoms with Crippen molar-refractivity contribution in [2.75, 3.05) is 0 Å². The predicted octanol–water partition coefficient (Wildman–Crippen LogP) is 9.71. The molecule has 0 N–H and O–H groups in total. The summed E-state index contributed by atoms with van der Waals surface area (Å²) in [7, 11) is 0. The second kappa shape index (κ2) is 10.1. The summed E-state index contributed by atoms with van der Waals surface area (Å²) >= 11 is 0. The smallest absolute Gasteiger partial charge is 0.0287 e. The number of rotatable bonds is 8. The quantitative estimate of drug-likeness (QED) is 0.356. The van der Waals surface area contributed by atoms with E-state index in [9.17, 15) is 0 Å². The van der Waals surface area contributed by atoms with Crippen LogP contribution in [0.3, 0.4) is 0 Å². The van der Waals surface area contributed by atoms with Gasteiger partial charge in [0, 0.05) is 0 Å². The summed E-state index contributed by atoms with van der Waals surface area (Å²) in [6.45, 7) is 4.71. The maximum Gasteiger partial charge on any atom is -0.0287 e. The number of hydrogen-bond donors (Lipinski definition) is 0. The SMILES string of the molecule is CCCCCCC1CCC2(CC1)CC1(CCC(C3CCC(CCC)CC3)CC1)C2. The maximum atomic E-state index is 2.37. The molecule has 4 aliphatic rings. The minimum atomic E-state index is 0.823. The molecule has 2 spiro atoms. The highest BCUT2D eigenvalue weighted by Gasteiger charge is 2.55. The van der Waals surface area contributed by atoms with Gasteiger partial charge in [0.25, 0.3) is 0 Å². The minimum Gasteiger partial charge on any atom is -0.0654 e. The van der Waals surface area contributed by atoms with Gasteiger partial charge in [0.15, 0.2) is 0 Å². The van der Waals surface area contributed by atoms with Crippen molar-refractivity contribution in [1.29, 1.82) is 0 Å². The van der Waals surface area contributed by atoms with E-state index in [1.54, 1.807) is 96.3 Å². The summed E-state index contributed by atoms with van der Waals surface area (Å²) in [6, 6.07) is 0. The van der Waals surface area contributed by atoms with Crippen LogP contribution in [0.1, 0.15) is 149 Å². The van der Waals surface area contributed by atoms with Crippen molar-refractivity contribution in [1.82, 2.24) is 0 Å². The third kappa shape index (κ3) is 5.44. The Morgan fingerprint density at radius 3 is 1.66 bits per heavy atom. The fourth-order valence-electron chi connectivity index (χ4n) is 8.77. The summed E-state index contributed by atoms with van der Waals surface area (Å²) < 4.78 is 0. The van der Waals surface area contributed by atoms with Gasteiger partial charge >= 0.3 is 0 Å². The normalized spacial score (nSPS) is 42.8. The highest BCUT2D eigenvalue weighted by atomic mass is 14.6. The lowest BCUT2D eigenvalue weighted by atomic mass is 9.43. The summed E-state index contributed by atoms with van der Waals surface area (Å²) in [5.41, 5.74) is 1.65. The van der Waals surface area contributed by atoms with Crippen LogP contribution >= 0.6 is 0 Å². The highest BCUT2D eigenvalue weighted by molar-refractivity contribution is 5.06. The van der Waals surface area contributed by atoms with E-state index in [-0.39, 0.29) is 0 Å². The van der Waals surface area contributed by atoms with Crippen LogP contribution in [-0.2, 0) is 0 Å². The Balaban J connectivity index is 1.14. The van der Waals surface area contributed by atoms with Crippen LogP contribution < -0.4 is 0 Å². The summed E-state index contributed by atoms with van der Waals surface area (Å²) in [4.78, 5) is 0. The zero-order valence-electron chi connectivity index (χ0n) is 20.2. The van der Waals surface area contributed by atoms with Crippen molar-refractivity contribution < 1.29 is 0 Å². The van der Waals surface area contributed by atoms with Gasteiger partial charge in [-0.15, -0.1) is 0 Å². The van der Waals surface area contributed by atoms with Crippen LogP contribution in [0.25, 0.3) is 0 Å². The van der Waals surface area contributed by atoms with Crippen LogP contribution in [0.5, 0.6) is 0 Å². The molecular formula is C29H52. The van der Waals surface area contributed by atoms with Gasteiger partial charge in [-0.05, 0) is 112 Å². The number of hydrogen-bond acceptors (Lipinski definition) is 0. The molecule has 0 heterocycles. The lowest BCUT2D eigenvalue weighted by Crippen LogP contribution is -2.50. The maximum absolute atomic E-state index is 2.37. The van der Waals surface area contributed by atoms with Crippen LogP contribution in [0, 0.1) is 34.5 Å². The first-order valence-electron chi connectivity index (χ1n) is 14.2. The summed E-state index contributed by atoms with van der Waals surface area (Å²) in [5.74, 6) is 4.39. The third-order valence-electron chi connectivity index (χ3n) is 10.5. The monoisotopic (exact) mass is 400 g/mol. The van der Waals surface area contributed by atoms with Gasteiger partial charge in [0.2, 0.25) is 0 Å². The Bertz CT molecular complexity index is 456. The summed E-state index contributed by atoms with van der Waals surface area (Å²) in [5, 5.41) is 0. The third-order valence-corrected chi connectivity index (χ3v) is 10.5. The molecule has 0 aromatic rings. The van der Waals surface area contributed by atoms with E-state index in [2.05, 4.69) is 13.8 Å². The Kier molecular flexibility index (Phi) is 7.72. The molecule has 0 atom stereocenters. The Labute approximate surface area is 183 Å². The Hall–Kier alpha value is 0. The first kappa shape index (κ1) is 22.2. The van der Waals surface area contributed by atoms with Gasteiger partial charge in [0.1, 0.15) is 0 Å². The molecule has 4 saturated carbocycles.